The molecule has 0 aromatic rings. The standard InChI is InChI=1S/C12H22N2O4S/c1-8-6-14(7-9(2)19-8)12(17)13-5-10(18-3)4-11(15)16/h8-10H,4-7H2,1-3H3,(H,13,17)(H,15,16). The molecule has 6 nitrogen and oxygen atoms in total. The van der Waals surface area contributed by atoms with Crippen molar-refractivity contribution < 1.29 is 19.4 Å². The van der Waals surface area contributed by atoms with Crippen molar-refractivity contribution >= 4 is 23.8 Å². The number of nitrogens with one attached hydrogen (secondary N) is 1. The third kappa shape index (κ3) is 5.69. The van der Waals surface area contributed by atoms with Crippen LogP contribution in [-0.2, 0) is 9.53 Å². The zero-order chi connectivity index (χ0) is 14.4. The lowest BCUT2D eigenvalue weighted by Crippen LogP contribution is -2.50. The molecule has 7 heteroatoms. The fraction of sp³-hybridized carbons (Fsp3) is 0.833. The van der Waals surface area contributed by atoms with E-state index in [1.807, 2.05) is 11.8 Å². The number of carbonyl (C=O) groups is 2. The van der Waals surface area contributed by atoms with Gasteiger partial charge in [0.05, 0.1) is 12.5 Å². The van der Waals surface area contributed by atoms with Crippen molar-refractivity contribution in [1.82, 2.24) is 10.2 Å². The number of carboxylic acids is 1. The maximum absolute atomic E-state index is 12.0. The van der Waals surface area contributed by atoms with Gasteiger partial charge in [-0.3, -0.25) is 4.79 Å². The number of nitrogens with zero attached hydrogens (tertiary/aromatic N) is 1. The Balaban J connectivity index is 2.39. The predicted octanol–water partition coefficient (Wildman–Crippen LogP) is 1.01. The van der Waals surface area contributed by atoms with Gasteiger partial charge in [0.2, 0.25) is 0 Å². The van der Waals surface area contributed by atoms with Crippen LogP contribution >= 0.6 is 11.8 Å². The van der Waals surface area contributed by atoms with Crippen molar-refractivity contribution in [2.45, 2.75) is 36.9 Å². The number of carboxylic acid groups (broad SMARTS) is 1. The first-order chi connectivity index (χ1) is 8.92. The number of amides is 2. The average Bonchev–Trinajstić information content (AvgIpc) is 2.32. The van der Waals surface area contributed by atoms with Gasteiger partial charge in [0, 0.05) is 37.2 Å². The average molecular weight is 290 g/mol. The second-order valence-corrected chi connectivity index (χ2v) is 6.69. The molecule has 3 atom stereocenters. The first-order valence-corrected chi connectivity index (χ1v) is 7.29. The first kappa shape index (κ1) is 16.1. The van der Waals surface area contributed by atoms with Crippen molar-refractivity contribution in [3.05, 3.63) is 0 Å². The quantitative estimate of drug-likeness (QED) is 0.790. The molecule has 1 aliphatic rings. The van der Waals surface area contributed by atoms with Crippen LogP contribution in [0.5, 0.6) is 0 Å². The summed E-state index contributed by atoms with van der Waals surface area (Å²) in [5.74, 6) is -0.933. The maximum Gasteiger partial charge on any atom is 0.317 e. The Labute approximate surface area is 117 Å². The van der Waals surface area contributed by atoms with E-state index in [1.54, 1.807) is 4.90 Å². The summed E-state index contributed by atoms with van der Waals surface area (Å²) in [7, 11) is 1.45. The molecule has 2 amide bonds. The number of ether oxygens (including phenoxy) is 1. The van der Waals surface area contributed by atoms with Crippen molar-refractivity contribution in [2.75, 3.05) is 26.7 Å². The molecule has 0 aromatic carbocycles. The second kappa shape index (κ2) is 7.59. The van der Waals surface area contributed by atoms with Crippen LogP contribution < -0.4 is 5.32 Å². The lowest BCUT2D eigenvalue weighted by Gasteiger charge is -2.34. The van der Waals surface area contributed by atoms with E-state index in [9.17, 15) is 9.59 Å². The predicted molar refractivity (Wildman–Crippen MR) is 74.5 cm³/mol. The number of hydrogen-bond acceptors (Lipinski definition) is 4. The van der Waals surface area contributed by atoms with Gasteiger partial charge in [0.15, 0.2) is 0 Å². The molecular weight excluding hydrogens is 268 g/mol. The minimum absolute atomic E-state index is 0.112. The van der Waals surface area contributed by atoms with Crippen LogP contribution in [0.25, 0.3) is 0 Å². The summed E-state index contributed by atoms with van der Waals surface area (Å²) in [6.45, 7) is 5.86. The number of methoxy groups -OCH3 is 1. The van der Waals surface area contributed by atoms with Crippen molar-refractivity contribution in [2.24, 2.45) is 0 Å². The van der Waals surface area contributed by atoms with Gasteiger partial charge in [0.1, 0.15) is 0 Å². The molecule has 19 heavy (non-hydrogen) atoms. The number of urea groups is 1. The van der Waals surface area contributed by atoms with Crippen LogP contribution in [0.4, 0.5) is 4.79 Å². The van der Waals surface area contributed by atoms with E-state index >= 15 is 0 Å². The first-order valence-electron chi connectivity index (χ1n) is 6.35. The van der Waals surface area contributed by atoms with E-state index in [1.165, 1.54) is 7.11 Å². The van der Waals surface area contributed by atoms with Gasteiger partial charge in [-0.05, 0) is 0 Å². The third-order valence-corrected chi connectivity index (χ3v) is 4.15. The molecule has 1 fully saturated rings. The minimum atomic E-state index is -0.933. The molecule has 0 spiro atoms. The fourth-order valence-corrected chi connectivity index (χ4v) is 3.42. The van der Waals surface area contributed by atoms with Crippen LogP contribution in [0.2, 0.25) is 0 Å². The number of thioether (sulfide) groups is 1. The summed E-state index contributed by atoms with van der Waals surface area (Å²) in [6, 6.07) is -0.147. The number of rotatable bonds is 5. The lowest BCUT2D eigenvalue weighted by atomic mass is 10.2. The Bertz CT molecular complexity index is 317. The molecule has 0 radical (unpaired) electrons. The largest absolute Gasteiger partial charge is 0.481 e. The highest BCUT2D eigenvalue weighted by Gasteiger charge is 2.26. The molecule has 110 valence electrons. The molecule has 2 N–H and O–H groups in total. The van der Waals surface area contributed by atoms with Crippen molar-refractivity contribution in [3.63, 3.8) is 0 Å². The SMILES string of the molecule is COC(CNC(=O)N1CC(C)SC(C)C1)CC(=O)O. The minimum Gasteiger partial charge on any atom is -0.481 e. The highest BCUT2D eigenvalue weighted by atomic mass is 32.2. The summed E-state index contributed by atoms with van der Waals surface area (Å²) >= 11 is 1.88. The Hall–Kier alpha value is -0.950. The highest BCUT2D eigenvalue weighted by molar-refractivity contribution is 8.00. The molecular formula is C12H22N2O4S. The number of hydrogen-bond donors (Lipinski definition) is 2. The number of carbonyl (C=O) groups excluding carboxylic acids is 1. The molecule has 0 aliphatic carbocycles. The molecule has 1 rings (SSSR count). The Morgan fingerprint density at radius 2 is 2.00 bits per heavy atom. The molecule has 1 heterocycles. The van der Waals surface area contributed by atoms with E-state index < -0.39 is 12.1 Å². The third-order valence-electron chi connectivity index (χ3n) is 2.92. The molecule has 0 saturated carbocycles. The summed E-state index contributed by atoms with van der Waals surface area (Å²) in [5.41, 5.74) is 0. The van der Waals surface area contributed by atoms with E-state index in [0.717, 1.165) is 13.1 Å². The number of aliphatic carboxylic acids is 1. The highest BCUT2D eigenvalue weighted by Crippen LogP contribution is 2.24. The van der Waals surface area contributed by atoms with Crippen molar-refractivity contribution in [3.8, 4) is 0 Å². The van der Waals surface area contributed by atoms with Crippen LogP contribution in [0.3, 0.4) is 0 Å². The zero-order valence-corrected chi connectivity index (χ0v) is 12.4. The van der Waals surface area contributed by atoms with Crippen LogP contribution in [0.15, 0.2) is 0 Å². The van der Waals surface area contributed by atoms with Gasteiger partial charge < -0.3 is 20.1 Å². The second-order valence-electron chi connectivity index (χ2n) is 4.80. The Morgan fingerprint density at radius 1 is 1.42 bits per heavy atom. The van der Waals surface area contributed by atoms with Crippen LogP contribution in [0.1, 0.15) is 20.3 Å². The lowest BCUT2D eigenvalue weighted by molar-refractivity contribution is -0.139. The molecule has 0 bridgehead atoms. The molecule has 1 aliphatic heterocycles. The van der Waals surface area contributed by atoms with E-state index in [2.05, 4.69) is 19.2 Å². The van der Waals surface area contributed by atoms with Gasteiger partial charge in [-0.25, -0.2) is 4.79 Å². The summed E-state index contributed by atoms with van der Waals surface area (Å²) in [5, 5.41) is 12.3. The summed E-state index contributed by atoms with van der Waals surface area (Å²) < 4.78 is 5.02. The Morgan fingerprint density at radius 3 is 2.47 bits per heavy atom. The fourth-order valence-electron chi connectivity index (χ4n) is 2.09. The normalized spacial score (nSPS) is 24.9. The Kier molecular flexibility index (Phi) is 6.44. The zero-order valence-electron chi connectivity index (χ0n) is 11.6. The van der Waals surface area contributed by atoms with Gasteiger partial charge in [-0.2, -0.15) is 11.8 Å². The summed E-state index contributed by atoms with van der Waals surface area (Å²) in [4.78, 5) is 24.4. The topological polar surface area (TPSA) is 78.9 Å². The van der Waals surface area contributed by atoms with Crippen molar-refractivity contribution in [1.29, 1.82) is 0 Å². The van der Waals surface area contributed by atoms with E-state index in [0.29, 0.717) is 10.5 Å². The van der Waals surface area contributed by atoms with Crippen LogP contribution in [0, 0.1) is 0 Å². The van der Waals surface area contributed by atoms with Gasteiger partial charge >= 0.3 is 12.0 Å². The summed E-state index contributed by atoms with van der Waals surface area (Å²) in [6.07, 6.45) is -0.602. The smallest absolute Gasteiger partial charge is 0.317 e. The maximum atomic E-state index is 12.0. The monoisotopic (exact) mass is 290 g/mol. The van der Waals surface area contributed by atoms with Gasteiger partial charge in [-0.1, -0.05) is 13.8 Å². The molecule has 1 saturated heterocycles. The van der Waals surface area contributed by atoms with E-state index in [-0.39, 0.29) is 19.0 Å². The van der Waals surface area contributed by atoms with E-state index in [4.69, 9.17) is 9.84 Å². The van der Waals surface area contributed by atoms with Crippen LogP contribution in [-0.4, -0.2) is 65.4 Å². The van der Waals surface area contributed by atoms with Gasteiger partial charge in [0.25, 0.3) is 0 Å². The van der Waals surface area contributed by atoms with Gasteiger partial charge in [-0.15, -0.1) is 0 Å². The molecule has 0 aromatic heterocycles. The molecule has 3 unspecified atom stereocenters.